The second-order valence-corrected chi connectivity index (χ2v) is 6.52. The number of hydrogen-bond acceptors (Lipinski definition) is 3. The molecule has 0 aromatic heterocycles. The van der Waals surface area contributed by atoms with Crippen LogP contribution in [0, 0.1) is 0 Å². The van der Waals surface area contributed by atoms with E-state index in [1.807, 2.05) is 42.5 Å². The van der Waals surface area contributed by atoms with E-state index in [0.29, 0.717) is 6.54 Å². The molecule has 1 unspecified atom stereocenters. The van der Waals surface area contributed by atoms with Gasteiger partial charge in [-0.05, 0) is 35.9 Å². The number of anilines is 1. The van der Waals surface area contributed by atoms with Crippen LogP contribution in [0.4, 0.5) is 5.69 Å². The van der Waals surface area contributed by atoms with Crippen molar-refractivity contribution in [3.8, 4) is 5.75 Å². The van der Waals surface area contributed by atoms with Crippen molar-refractivity contribution in [2.75, 3.05) is 12.0 Å². The summed E-state index contributed by atoms with van der Waals surface area (Å²) in [7, 11) is 1.62. The molecule has 1 heterocycles. The Labute approximate surface area is 148 Å². The van der Waals surface area contributed by atoms with Crippen molar-refractivity contribution in [2.24, 2.45) is 0 Å². The van der Waals surface area contributed by atoms with Gasteiger partial charge in [-0.25, -0.2) is 0 Å². The molecule has 1 aliphatic heterocycles. The monoisotopic (exact) mass is 388 g/mol. The van der Waals surface area contributed by atoms with Crippen molar-refractivity contribution in [3.05, 3.63) is 58.1 Å². The number of carbonyl (C=O) groups is 2. The minimum Gasteiger partial charge on any atom is -0.497 e. The summed E-state index contributed by atoms with van der Waals surface area (Å²) < 4.78 is 6.03. The van der Waals surface area contributed by atoms with Crippen LogP contribution in [-0.2, 0) is 16.1 Å². The largest absolute Gasteiger partial charge is 0.497 e. The number of hydrogen-bond donors (Lipinski definition) is 1. The highest BCUT2D eigenvalue weighted by molar-refractivity contribution is 9.10. The van der Waals surface area contributed by atoms with E-state index in [2.05, 4.69) is 21.2 Å². The fraction of sp³-hybridized carbons (Fsp3) is 0.222. The van der Waals surface area contributed by atoms with Crippen LogP contribution in [0.2, 0.25) is 0 Å². The number of rotatable bonds is 4. The van der Waals surface area contributed by atoms with Gasteiger partial charge in [-0.3, -0.25) is 9.59 Å². The molecule has 0 fully saturated rings. The molecule has 2 aromatic carbocycles. The molecule has 124 valence electrons. The molecule has 1 atom stereocenters. The zero-order valence-electron chi connectivity index (χ0n) is 13.4. The lowest BCUT2D eigenvalue weighted by molar-refractivity contribution is -0.126. The number of benzene rings is 2. The fourth-order valence-electron chi connectivity index (χ4n) is 2.83. The predicted molar refractivity (Wildman–Crippen MR) is 94.9 cm³/mol. The SMILES string of the molecule is COc1ccc(CN2C(=O)C(NC(C)=O)c3cc(Br)ccc32)cc1. The van der Waals surface area contributed by atoms with Crippen LogP contribution in [0.15, 0.2) is 46.9 Å². The molecule has 3 rings (SSSR count). The van der Waals surface area contributed by atoms with Gasteiger partial charge in [-0.15, -0.1) is 0 Å². The Kier molecular flexibility index (Phi) is 4.57. The zero-order valence-corrected chi connectivity index (χ0v) is 15.0. The Bertz CT molecular complexity index is 789. The molecule has 0 spiro atoms. The number of nitrogens with one attached hydrogen (secondary N) is 1. The molecule has 1 aliphatic rings. The van der Waals surface area contributed by atoms with Crippen molar-refractivity contribution >= 4 is 33.4 Å². The third-order valence-electron chi connectivity index (χ3n) is 3.95. The van der Waals surface area contributed by atoms with Gasteiger partial charge < -0.3 is 15.0 Å². The molecular weight excluding hydrogens is 372 g/mol. The van der Waals surface area contributed by atoms with E-state index in [4.69, 9.17) is 4.74 Å². The van der Waals surface area contributed by atoms with Gasteiger partial charge in [-0.1, -0.05) is 28.1 Å². The molecule has 24 heavy (non-hydrogen) atoms. The number of carbonyl (C=O) groups excluding carboxylic acids is 2. The normalized spacial score (nSPS) is 16.0. The first kappa shape index (κ1) is 16.5. The van der Waals surface area contributed by atoms with E-state index in [1.165, 1.54) is 6.92 Å². The number of amides is 2. The Balaban J connectivity index is 1.93. The fourth-order valence-corrected chi connectivity index (χ4v) is 3.21. The lowest BCUT2D eigenvalue weighted by atomic mass is 10.1. The number of nitrogens with zero attached hydrogens (tertiary/aromatic N) is 1. The summed E-state index contributed by atoms with van der Waals surface area (Å²) in [4.78, 5) is 26.0. The quantitative estimate of drug-likeness (QED) is 0.874. The summed E-state index contributed by atoms with van der Waals surface area (Å²) in [5.41, 5.74) is 2.61. The minimum absolute atomic E-state index is 0.130. The van der Waals surface area contributed by atoms with Crippen molar-refractivity contribution in [1.82, 2.24) is 5.32 Å². The van der Waals surface area contributed by atoms with Gasteiger partial charge in [0.05, 0.1) is 13.7 Å². The summed E-state index contributed by atoms with van der Waals surface area (Å²) in [5, 5.41) is 2.74. The maximum Gasteiger partial charge on any atom is 0.254 e. The highest BCUT2D eigenvalue weighted by atomic mass is 79.9. The standard InChI is InChI=1S/C18H17BrN2O3/c1-11(22)20-17-15-9-13(19)5-8-16(15)21(18(17)23)10-12-3-6-14(24-2)7-4-12/h3-9,17H,10H2,1-2H3,(H,20,22). The van der Waals surface area contributed by atoms with Crippen molar-refractivity contribution in [3.63, 3.8) is 0 Å². The number of fused-ring (bicyclic) bond motifs is 1. The average Bonchev–Trinajstić information content (AvgIpc) is 2.80. The van der Waals surface area contributed by atoms with Gasteiger partial charge in [-0.2, -0.15) is 0 Å². The zero-order chi connectivity index (χ0) is 17.3. The third kappa shape index (κ3) is 3.14. The van der Waals surface area contributed by atoms with Crippen LogP contribution >= 0.6 is 15.9 Å². The summed E-state index contributed by atoms with van der Waals surface area (Å²) >= 11 is 3.42. The maximum absolute atomic E-state index is 12.8. The summed E-state index contributed by atoms with van der Waals surface area (Å²) in [6, 6.07) is 12.6. The molecule has 0 bridgehead atoms. The van der Waals surface area contributed by atoms with Gasteiger partial charge >= 0.3 is 0 Å². The van der Waals surface area contributed by atoms with E-state index in [1.54, 1.807) is 12.0 Å². The second kappa shape index (κ2) is 6.65. The van der Waals surface area contributed by atoms with Crippen LogP contribution in [0.5, 0.6) is 5.75 Å². The molecule has 0 saturated heterocycles. The van der Waals surface area contributed by atoms with Gasteiger partial charge in [0, 0.05) is 22.6 Å². The molecule has 0 saturated carbocycles. The second-order valence-electron chi connectivity index (χ2n) is 5.61. The highest BCUT2D eigenvalue weighted by Crippen LogP contribution is 2.38. The van der Waals surface area contributed by atoms with Gasteiger partial charge in [0.15, 0.2) is 0 Å². The third-order valence-corrected chi connectivity index (χ3v) is 4.44. The first-order valence-corrected chi connectivity index (χ1v) is 8.30. The summed E-state index contributed by atoms with van der Waals surface area (Å²) in [6.45, 7) is 1.85. The lowest BCUT2D eigenvalue weighted by Gasteiger charge is -2.18. The Morgan fingerprint density at radius 1 is 1.25 bits per heavy atom. The number of halogens is 1. The maximum atomic E-state index is 12.8. The Hall–Kier alpha value is -2.34. The van der Waals surface area contributed by atoms with Crippen LogP contribution < -0.4 is 15.0 Å². The van der Waals surface area contributed by atoms with Crippen molar-refractivity contribution < 1.29 is 14.3 Å². The van der Waals surface area contributed by atoms with Gasteiger partial charge in [0.1, 0.15) is 11.8 Å². The molecule has 6 heteroatoms. The summed E-state index contributed by atoms with van der Waals surface area (Å²) in [5.74, 6) is 0.409. The summed E-state index contributed by atoms with van der Waals surface area (Å²) in [6.07, 6.45) is 0. The lowest BCUT2D eigenvalue weighted by Crippen LogP contribution is -2.36. The molecule has 2 amide bonds. The highest BCUT2D eigenvalue weighted by Gasteiger charge is 2.37. The molecule has 2 aromatic rings. The average molecular weight is 389 g/mol. The van der Waals surface area contributed by atoms with E-state index in [-0.39, 0.29) is 11.8 Å². The van der Waals surface area contributed by atoms with Crippen LogP contribution in [0.3, 0.4) is 0 Å². The smallest absolute Gasteiger partial charge is 0.254 e. The van der Waals surface area contributed by atoms with Crippen molar-refractivity contribution in [1.29, 1.82) is 0 Å². The number of methoxy groups -OCH3 is 1. The number of ether oxygens (including phenoxy) is 1. The van der Waals surface area contributed by atoms with E-state index < -0.39 is 6.04 Å². The van der Waals surface area contributed by atoms with E-state index in [0.717, 1.165) is 27.0 Å². The minimum atomic E-state index is -0.645. The van der Waals surface area contributed by atoms with E-state index in [9.17, 15) is 9.59 Å². The van der Waals surface area contributed by atoms with Gasteiger partial charge in [0.2, 0.25) is 5.91 Å². The van der Waals surface area contributed by atoms with Gasteiger partial charge in [0.25, 0.3) is 5.91 Å². The van der Waals surface area contributed by atoms with E-state index >= 15 is 0 Å². The van der Waals surface area contributed by atoms with Crippen molar-refractivity contribution in [2.45, 2.75) is 19.5 Å². The molecular formula is C18H17BrN2O3. The Morgan fingerprint density at radius 2 is 1.96 bits per heavy atom. The molecule has 5 nitrogen and oxygen atoms in total. The van der Waals surface area contributed by atoms with Crippen LogP contribution in [-0.4, -0.2) is 18.9 Å². The predicted octanol–water partition coefficient (Wildman–Crippen LogP) is 3.18. The first-order valence-electron chi connectivity index (χ1n) is 7.50. The molecule has 1 N–H and O–H groups in total. The molecule has 0 aliphatic carbocycles. The molecule has 0 radical (unpaired) electrons. The van der Waals surface area contributed by atoms with Crippen LogP contribution in [0.1, 0.15) is 24.1 Å². The first-order chi connectivity index (χ1) is 11.5. The Morgan fingerprint density at radius 3 is 2.58 bits per heavy atom. The topological polar surface area (TPSA) is 58.6 Å². The van der Waals surface area contributed by atoms with Crippen LogP contribution in [0.25, 0.3) is 0 Å².